The minimum absolute atomic E-state index is 0.146. The monoisotopic (exact) mass is 507 g/mol. The Morgan fingerprint density at radius 3 is 2.37 bits per heavy atom. The molecule has 1 N–H and O–H groups in total. The number of para-hydroxylation sites is 1. The number of rotatable bonds is 11. The molecule has 1 aliphatic rings. The molecule has 3 rings (SSSR count). The van der Waals surface area contributed by atoms with Crippen LogP contribution in [0.2, 0.25) is 0 Å². The second kappa shape index (κ2) is 12.7. The minimum atomic E-state index is -4.29. The van der Waals surface area contributed by atoms with Crippen molar-refractivity contribution in [3.8, 4) is 11.5 Å². The van der Waals surface area contributed by atoms with E-state index in [9.17, 15) is 17.6 Å². The number of nitrogens with zero attached hydrogens (tertiary/aromatic N) is 2. The van der Waals surface area contributed by atoms with Gasteiger partial charge in [-0.25, -0.2) is 12.8 Å². The van der Waals surface area contributed by atoms with E-state index in [1.54, 1.807) is 0 Å². The molecule has 2 aromatic carbocycles. The van der Waals surface area contributed by atoms with E-state index in [1.165, 1.54) is 76.3 Å². The third-order valence-corrected chi connectivity index (χ3v) is 7.78. The molecule has 0 aliphatic carbocycles. The molecule has 35 heavy (non-hydrogen) atoms. The van der Waals surface area contributed by atoms with Crippen LogP contribution in [0.3, 0.4) is 0 Å². The molecule has 0 atom stereocenters. The van der Waals surface area contributed by atoms with Crippen LogP contribution >= 0.6 is 0 Å². The zero-order valence-electron chi connectivity index (χ0n) is 20.3. The molecule has 0 radical (unpaired) electrons. The third-order valence-electron chi connectivity index (χ3n) is 6.02. The van der Waals surface area contributed by atoms with Crippen molar-refractivity contribution < 1.29 is 27.1 Å². The summed E-state index contributed by atoms with van der Waals surface area (Å²) in [5, 5.41) is 2.78. The summed E-state index contributed by atoms with van der Waals surface area (Å²) < 4.78 is 52.9. The molecule has 1 saturated heterocycles. The quantitative estimate of drug-likeness (QED) is 0.469. The fraction of sp³-hybridized carbons (Fsp3) is 0.480. The van der Waals surface area contributed by atoms with Gasteiger partial charge in [-0.1, -0.05) is 25.0 Å². The van der Waals surface area contributed by atoms with Crippen LogP contribution in [0.5, 0.6) is 11.5 Å². The number of hydrogen-bond donors (Lipinski definition) is 1. The lowest BCUT2D eigenvalue weighted by molar-refractivity contribution is -0.119. The first kappa shape index (κ1) is 26.7. The number of amides is 1. The maximum Gasteiger partial charge on any atom is 0.265 e. The van der Waals surface area contributed by atoms with Gasteiger partial charge in [0.05, 0.1) is 24.8 Å². The van der Waals surface area contributed by atoms with Gasteiger partial charge in [0, 0.05) is 12.6 Å². The van der Waals surface area contributed by atoms with Crippen LogP contribution in [0.25, 0.3) is 0 Å². The lowest BCUT2D eigenvalue weighted by Crippen LogP contribution is -2.42. The first-order valence-electron chi connectivity index (χ1n) is 11.8. The Bertz CT molecular complexity index is 1090. The number of carbonyl (C=O) groups is 1. The predicted molar refractivity (Wildman–Crippen MR) is 133 cm³/mol. The molecule has 0 saturated carbocycles. The SMILES string of the molecule is COc1ccc(S(=O)(=O)N(CC(=O)NCCCN2CCCCCC2)c2ccccc2F)cc1OC. The van der Waals surface area contributed by atoms with Crippen molar-refractivity contribution in [3.05, 3.63) is 48.3 Å². The highest BCUT2D eigenvalue weighted by Gasteiger charge is 2.30. The fourth-order valence-electron chi connectivity index (χ4n) is 4.13. The third kappa shape index (κ3) is 7.08. The highest BCUT2D eigenvalue weighted by atomic mass is 32.2. The Kier molecular flexibility index (Phi) is 9.73. The van der Waals surface area contributed by atoms with Crippen LogP contribution < -0.4 is 19.1 Å². The van der Waals surface area contributed by atoms with Gasteiger partial charge < -0.3 is 19.7 Å². The number of sulfonamides is 1. The molecule has 1 aliphatic heterocycles. The van der Waals surface area contributed by atoms with Crippen molar-refractivity contribution in [2.45, 2.75) is 37.0 Å². The number of likely N-dealkylation sites (tertiary alicyclic amines) is 1. The first-order chi connectivity index (χ1) is 16.9. The zero-order chi connectivity index (χ0) is 25.3. The number of nitrogens with one attached hydrogen (secondary N) is 1. The molecule has 0 spiro atoms. The lowest BCUT2D eigenvalue weighted by atomic mass is 10.2. The molecule has 8 nitrogen and oxygen atoms in total. The summed E-state index contributed by atoms with van der Waals surface area (Å²) in [6, 6.07) is 9.56. The van der Waals surface area contributed by atoms with Crippen LogP contribution in [-0.4, -0.2) is 66.2 Å². The van der Waals surface area contributed by atoms with Gasteiger partial charge in [-0.15, -0.1) is 0 Å². The lowest BCUT2D eigenvalue weighted by Gasteiger charge is -2.25. The topological polar surface area (TPSA) is 88.2 Å². The first-order valence-corrected chi connectivity index (χ1v) is 13.3. The average Bonchev–Trinajstić information content (AvgIpc) is 3.14. The number of benzene rings is 2. The van der Waals surface area contributed by atoms with Crippen LogP contribution in [0, 0.1) is 5.82 Å². The summed E-state index contributed by atoms with van der Waals surface area (Å²) in [7, 11) is -1.46. The van der Waals surface area contributed by atoms with Crippen molar-refractivity contribution >= 4 is 21.6 Å². The zero-order valence-corrected chi connectivity index (χ0v) is 21.2. The summed E-state index contributed by atoms with van der Waals surface area (Å²) in [6.45, 7) is 2.87. The molecular weight excluding hydrogens is 473 g/mol. The number of methoxy groups -OCH3 is 2. The summed E-state index contributed by atoms with van der Waals surface area (Å²) in [5.41, 5.74) is -0.206. The minimum Gasteiger partial charge on any atom is -0.493 e. The van der Waals surface area contributed by atoms with E-state index < -0.39 is 28.3 Å². The predicted octanol–water partition coefficient (Wildman–Crippen LogP) is 3.42. The van der Waals surface area contributed by atoms with E-state index in [0.717, 1.165) is 36.4 Å². The van der Waals surface area contributed by atoms with E-state index in [2.05, 4.69) is 10.2 Å². The summed E-state index contributed by atoms with van der Waals surface area (Å²) in [6.07, 6.45) is 5.66. The number of hydrogen-bond acceptors (Lipinski definition) is 6. The van der Waals surface area contributed by atoms with Crippen LogP contribution in [0.1, 0.15) is 32.1 Å². The summed E-state index contributed by atoms with van der Waals surface area (Å²) in [4.78, 5) is 15.0. The molecule has 0 bridgehead atoms. The Balaban J connectivity index is 1.74. The second-order valence-corrected chi connectivity index (χ2v) is 10.3. The fourth-order valence-corrected chi connectivity index (χ4v) is 5.58. The average molecular weight is 508 g/mol. The Morgan fingerprint density at radius 1 is 1.03 bits per heavy atom. The highest BCUT2D eigenvalue weighted by molar-refractivity contribution is 7.92. The van der Waals surface area contributed by atoms with Crippen LogP contribution in [-0.2, 0) is 14.8 Å². The second-order valence-electron chi connectivity index (χ2n) is 8.44. The highest BCUT2D eigenvalue weighted by Crippen LogP contribution is 2.32. The van der Waals surface area contributed by atoms with Gasteiger partial charge in [0.25, 0.3) is 10.0 Å². The molecule has 1 heterocycles. The number of halogens is 1. The van der Waals surface area contributed by atoms with Gasteiger partial charge in [-0.2, -0.15) is 0 Å². The molecule has 1 fully saturated rings. The largest absolute Gasteiger partial charge is 0.493 e. The van der Waals surface area contributed by atoms with Gasteiger partial charge in [0.1, 0.15) is 12.4 Å². The molecular formula is C25H34FN3O5S. The van der Waals surface area contributed by atoms with Crippen molar-refractivity contribution in [2.24, 2.45) is 0 Å². The molecule has 2 aromatic rings. The summed E-state index contributed by atoms with van der Waals surface area (Å²) in [5.74, 6) is -0.690. The van der Waals surface area contributed by atoms with Crippen molar-refractivity contribution in [1.82, 2.24) is 10.2 Å². The van der Waals surface area contributed by atoms with Gasteiger partial charge in [0.15, 0.2) is 11.5 Å². The van der Waals surface area contributed by atoms with E-state index >= 15 is 0 Å². The van der Waals surface area contributed by atoms with Gasteiger partial charge in [-0.05, 0) is 63.2 Å². The number of ether oxygens (including phenoxy) is 2. The van der Waals surface area contributed by atoms with Gasteiger partial charge >= 0.3 is 0 Å². The van der Waals surface area contributed by atoms with Crippen molar-refractivity contribution in [2.75, 3.05) is 51.2 Å². The van der Waals surface area contributed by atoms with Crippen molar-refractivity contribution in [3.63, 3.8) is 0 Å². The Morgan fingerprint density at radius 2 is 1.71 bits per heavy atom. The van der Waals surface area contributed by atoms with Crippen LogP contribution in [0.15, 0.2) is 47.4 Å². The maximum absolute atomic E-state index is 14.7. The summed E-state index contributed by atoms with van der Waals surface area (Å²) >= 11 is 0. The van der Waals surface area contributed by atoms with Gasteiger partial charge in [-0.3, -0.25) is 9.10 Å². The molecule has 192 valence electrons. The normalized spacial score (nSPS) is 14.7. The Hall–Kier alpha value is -2.85. The van der Waals surface area contributed by atoms with Gasteiger partial charge in [0.2, 0.25) is 5.91 Å². The molecule has 0 aromatic heterocycles. The molecule has 0 unspecified atom stereocenters. The van der Waals surface area contributed by atoms with E-state index in [-0.39, 0.29) is 16.3 Å². The van der Waals surface area contributed by atoms with E-state index in [1.807, 2.05) is 0 Å². The molecule has 1 amide bonds. The van der Waals surface area contributed by atoms with E-state index in [0.29, 0.717) is 12.3 Å². The van der Waals surface area contributed by atoms with Crippen molar-refractivity contribution in [1.29, 1.82) is 0 Å². The number of anilines is 1. The van der Waals surface area contributed by atoms with Crippen LogP contribution in [0.4, 0.5) is 10.1 Å². The van der Waals surface area contributed by atoms with E-state index in [4.69, 9.17) is 9.47 Å². The maximum atomic E-state index is 14.7. The standard InChI is InChI=1S/C25H34FN3O5S/c1-33-23-13-12-20(18-24(23)34-2)35(31,32)29(22-11-6-5-10-21(22)26)19-25(30)27-14-9-17-28-15-7-3-4-8-16-28/h5-6,10-13,18H,3-4,7-9,14-17,19H2,1-2H3,(H,27,30). The number of carbonyl (C=O) groups excluding carboxylic acids is 1. The molecule has 10 heteroatoms. The Labute approximate surface area is 207 Å². The smallest absolute Gasteiger partial charge is 0.265 e.